The number of rotatable bonds is 5. The Morgan fingerprint density at radius 3 is 2.90 bits per heavy atom. The number of carbonyl (C=O) groups excluding carboxylic acids is 1. The molecule has 0 atom stereocenters. The summed E-state index contributed by atoms with van der Waals surface area (Å²) in [6, 6.07) is 5.77. The number of H-pyrrole nitrogens is 1. The van der Waals surface area contributed by atoms with Crippen molar-refractivity contribution in [2.75, 3.05) is 5.32 Å². The molecule has 1 amide bonds. The van der Waals surface area contributed by atoms with Gasteiger partial charge in [0.05, 0.1) is 0 Å². The molecule has 0 fully saturated rings. The third-order valence-electron chi connectivity index (χ3n) is 2.92. The highest BCUT2D eigenvalue weighted by atomic mass is 79.9. The van der Waals surface area contributed by atoms with Gasteiger partial charge in [-0.15, -0.1) is 5.10 Å². The number of amides is 1. The Morgan fingerprint density at radius 1 is 1.40 bits per heavy atom. The van der Waals surface area contributed by atoms with Gasteiger partial charge in [-0.3, -0.25) is 9.89 Å². The van der Waals surface area contributed by atoms with E-state index in [1.54, 1.807) is 0 Å². The highest BCUT2D eigenvalue weighted by Crippen LogP contribution is 2.21. The highest BCUT2D eigenvalue weighted by Gasteiger charge is 2.14. The second-order valence-corrected chi connectivity index (χ2v) is 5.38. The zero-order valence-electron chi connectivity index (χ0n) is 11.5. The first-order valence-electron chi connectivity index (χ1n) is 6.65. The van der Waals surface area contributed by atoms with Gasteiger partial charge in [-0.1, -0.05) is 29.8 Å². The third-order valence-corrected chi connectivity index (χ3v) is 3.41. The standard InChI is InChI=1S/C14H17BrN4O/c1-3-5-12-17-13(19-18-12)14(20)16-11-7-6-10(15)8-9(11)4-2/h6-8H,3-5H2,1-2H3,(H,16,20)(H,17,18,19). The summed E-state index contributed by atoms with van der Waals surface area (Å²) in [4.78, 5) is 16.3. The van der Waals surface area contributed by atoms with Crippen LogP contribution in [0.25, 0.3) is 0 Å². The van der Waals surface area contributed by atoms with Crippen LogP contribution in [0.3, 0.4) is 0 Å². The first-order valence-corrected chi connectivity index (χ1v) is 7.44. The van der Waals surface area contributed by atoms with Crippen LogP contribution < -0.4 is 5.32 Å². The molecular weight excluding hydrogens is 320 g/mol. The van der Waals surface area contributed by atoms with Crippen molar-refractivity contribution in [2.45, 2.75) is 33.1 Å². The van der Waals surface area contributed by atoms with E-state index in [2.05, 4.69) is 43.4 Å². The van der Waals surface area contributed by atoms with E-state index >= 15 is 0 Å². The van der Waals surface area contributed by atoms with E-state index in [9.17, 15) is 4.79 Å². The zero-order chi connectivity index (χ0) is 14.5. The molecule has 0 aliphatic carbocycles. The molecule has 2 rings (SSSR count). The maximum Gasteiger partial charge on any atom is 0.295 e. The number of nitrogens with zero attached hydrogens (tertiary/aromatic N) is 2. The minimum Gasteiger partial charge on any atom is -0.319 e. The molecule has 106 valence electrons. The van der Waals surface area contributed by atoms with Crippen molar-refractivity contribution >= 4 is 27.5 Å². The summed E-state index contributed by atoms with van der Waals surface area (Å²) in [5.74, 6) is 0.628. The molecule has 0 aliphatic rings. The number of anilines is 1. The predicted molar refractivity (Wildman–Crippen MR) is 81.9 cm³/mol. The summed E-state index contributed by atoms with van der Waals surface area (Å²) >= 11 is 3.43. The number of carbonyl (C=O) groups is 1. The molecule has 0 radical (unpaired) electrons. The smallest absolute Gasteiger partial charge is 0.295 e. The molecule has 0 spiro atoms. The molecule has 0 saturated carbocycles. The summed E-state index contributed by atoms with van der Waals surface area (Å²) in [6.45, 7) is 4.10. The summed E-state index contributed by atoms with van der Waals surface area (Å²) < 4.78 is 0.996. The second-order valence-electron chi connectivity index (χ2n) is 4.46. The molecule has 1 aromatic heterocycles. The second kappa shape index (κ2) is 6.65. The molecule has 5 nitrogen and oxygen atoms in total. The molecular formula is C14H17BrN4O. The normalized spacial score (nSPS) is 10.6. The Morgan fingerprint density at radius 2 is 2.20 bits per heavy atom. The van der Waals surface area contributed by atoms with Gasteiger partial charge in [0.15, 0.2) is 0 Å². The quantitative estimate of drug-likeness (QED) is 0.879. The Hall–Kier alpha value is -1.69. The van der Waals surface area contributed by atoms with Gasteiger partial charge >= 0.3 is 0 Å². The van der Waals surface area contributed by atoms with Crippen LogP contribution in [0.1, 0.15) is 42.3 Å². The van der Waals surface area contributed by atoms with Crippen molar-refractivity contribution in [2.24, 2.45) is 0 Å². The lowest BCUT2D eigenvalue weighted by molar-refractivity contribution is 0.101. The topological polar surface area (TPSA) is 70.7 Å². The summed E-state index contributed by atoms with van der Waals surface area (Å²) in [5.41, 5.74) is 1.86. The van der Waals surface area contributed by atoms with Crippen molar-refractivity contribution in [3.05, 3.63) is 39.9 Å². The number of aromatic nitrogens is 3. The van der Waals surface area contributed by atoms with E-state index in [0.717, 1.165) is 40.8 Å². The number of halogens is 1. The number of hydrogen-bond donors (Lipinski definition) is 2. The van der Waals surface area contributed by atoms with Gasteiger partial charge in [0.25, 0.3) is 5.91 Å². The van der Waals surface area contributed by atoms with Gasteiger partial charge in [0.2, 0.25) is 5.82 Å². The summed E-state index contributed by atoms with van der Waals surface area (Å²) in [6.07, 6.45) is 2.59. The molecule has 0 unspecified atom stereocenters. The van der Waals surface area contributed by atoms with E-state index in [1.807, 2.05) is 25.1 Å². The van der Waals surface area contributed by atoms with E-state index in [-0.39, 0.29) is 11.7 Å². The lowest BCUT2D eigenvalue weighted by Gasteiger charge is -2.08. The molecule has 2 aromatic rings. The van der Waals surface area contributed by atoms with Gasteiger partial charge in [-0.2, -0.15) is 0 Å². The number of hydrogen-bond acceptors (Lipinski definition) is 3. The van der Waals surface area contributed by atoms with Gasteiger partial charge in [-0.25, -0.2) is 4.98 Å². The molecule has 0 bridgehead atoms. The molecule has 1 aromatic carbocycles. The van der Waals surface area contributed by atoms with E-state index in [4.69, 9.17) is 0 Å². The van der Waals surface area contributed by atoms with Crippen LogP contribution in [0.15, 0.2) is 22.7 Å². The maximum absolute atomic E-state index is 12.1. The van der Waals surface area contributed by atoms with Crippen molar-refractivity contribution in [1.29, 1.82) is 0 Å². The molecule has 6 heteroatoms. The van der Waals surface area contributed by atoms with Gasteiger partial charge < -0.3 is 5.32 Å². The number of nitrogens with one attached hydrogen (secondary N) is 2. The van der Waals surface area contributed by atoms with Crippen molar-refractivity contribution in [3.8, 4) is 0 Å². The lowest BCUT2D eigenvalue weighted by atomic mass is 10.1. The predicted octanol–water partition coefficient (Wildman–Crippen LogP) is 3.33. The van der Waals surface area contributed by atoms with Gasteiger partial charge in [0, 0.05) is 16.6 Å². The summed E-state index contributed by atoms with van der Waals surface area (Å²) in [7, 11) is 0. The average Bonchev–Trinajstić information content (AvgIpc) is 2.90. The van der Waals surface area contributed by atoms with Crippen LogP contribution in [0, 0.1) is 0 Å². The Labute approximate surface area is 126 Å². The Balaban J connectivity index is 2.14. The van der Waals surface area contributed by atoms with Gasteiger partial charge in [0.1, 0.15) is 5.82 Å². The first kappa shape index (κ1) is 14.7. The van der Waals surface area contributed by atoms with E-state index < -0.39 is 0 Å². The minimum absolute atomic E-state index is 0.179. The van der Waals surface area contributed by atoms with Crippen LogP contribution in [0.2, 0.25) is 0 Å². The van der Waals surface area contributed by atoms with Crippen LogP contribution in [-0.4, -0.2) is 21.1 Å². The van der Waals surface area contributed by atoms with Crippen molar-refractivity contribution in [3.63, 3.8) is 0 Å². The Kier molecular flexibility index (Phi) is 4.89. The largest absolute Gasteiger partial charge is 0.319 e. The Bertz CT molecular complexity index is 609. The molecule has 20 heavy (non-hydrogen) atoms. The molecule has 2 N–H and O–H groups in total. The minimum atomic E-state index is -0.291. The molecule has 0 aliphatic heterocycles. The van der Waals surface area contributed by atoms with Crippen LogP contribution >= 0.6 is 15.9 Å². The number of aryl methyl sites for hydroxylation is 2. The zero-order valence-corrected chi connectivity index (χ0v) is 13.1. The van der Waals surface area contributed by atoms with Crippen molar-refractivity contribution in [1.82, 2.24) is 15.2 Å². The fraction of sp³-hybridized carbons (Fsp3) is 0.357. The maximum atomic E-state index is 12.1. The lowest BCUT2D eigenvalue weighted by Crippen LogP contribution is -2.15. The fourth-order valence-electron chi connectivity index (χ4n) is 1.90. The van der Waals surface area contributed by atoms with Crippen LogP contribution in [0.5, 0.6) is 0 Å². The molecule has 0 saturated heterocycles. The molecule has 1 heterocycles. The third kappa shape index (κ3) is 3.45. The van der Waals surface area contributed by atoms with Crippen LogP contribution in [0.4, 0.5) is 5.69 Å². The fourth-order valence-corrected chi connectivity index (χ4v) is 2.31. The highest BCUT2D eigenvalue weighted by molar-refractivity contribution is 9.10. The van der Waals surface area contributed by atoms with Crippen LogP contribution in [-0.2, 0) is 12.8 Å². The van der Waals surface area contributed by atoms with E-state index in [1.165, 1.54) is 0 Å². The summed E-state index contributed by atoms with van der Waals surface area (Å²) in [5, 5.41) is 9.58. The number of benzene rings is 1. The van der Waals surface area contributed by atoms with E-state index in [0.29, 0.717) is 0 Å². The van der Waals surface area contributed by atoms with Crippen molar-refractivity contribution < 1.29 is 4.79 Å². The first-order chi connectivity index (χ1) is 9.63. The SMILES string of the molecule is CCCc1nc(C(=O)Nc2ccc(Br)cc2CC)n[nH]1. The number of aromatic amines is 1. The van der Waals surface area contributed by atoms with Gasteiger partial charge in [-0.05, 0) is 36.6 Å². The monoisotopic (exact) mass is 336 g/mol. The average molecular weight is 337 g/mol.